The molecule has 0 radical (unpaired) electrons. The highest BCUT2D eigenvalue weighted by atomic mass is 32.2. The lowest BCUT2D eigenvalue weighted by atomic mass is 10.00. The number of hydrogen-bond acceptors (Lipinski definition) is 5. The lowest BCUT2D eigenvalue weighted by Crippen LogP contribution is -2.57. The third-order valence-electron chi connectivity index (χ3n) is 5.95. The topological polar surface area (TPSA) is 91.1 Å². The van der Waals surface area contributed by atoms with Crippen LogP contribution in [-0.2, 0) is 14.8 Å². The van der Waals surface area contributed by atoms with Gasteiger partial charge in [-0.15, -0.1) is 0 Å². The molecule has 4 rings (SSSR count). The molecule has 0 aliphatic carbocycles. The number of nitrogens with zero attached hydrogens (tertiary/aromatic N) is 3. The maximum absolute atomic E-state index is 14.1. The van der Waals surface area contributed by atoms with Crippen LogP contribution < -0.4 is 0 Å². The predicted octanol–water partition coefficient (Wildman–Crippen LogP) is 2.22. The molecule has 178 valence electrons. The van der Waals surface area contributed by atoms with Gasteiger partial charge < -0.3 is 14.2 Å². The number of halogens is 3. The van der Waals surface area contributed by atoms with Crippen molar-refractivity contribution in [3.8, 4) is 0 Å². The second-order valence-corrected chi connectivity index (χ2v) is 9.80. The highest BCUT2D eigenvalue weighted by Gasteiger charge is 2.39. The van der Waals surface area contributed by atoms with Crippen LogP contribution in [0.15, 0.2) is 39.8 Å². The van der Waals surface area contributed by atoms with Gasteiger partial charge in [0.05, 0.1) is 6.26 Å². The molecular weight excluding hydrogens is 463 g/mol. The SMILES string of the molecule is O=C(C1CCCCN1C(=O)c1ccco1)N1CCN(S(=O)(=O)c2ccc(F)c(F)c2F)CC1. The minimum atomic E-state index is -4.42. The van der Waals surface area contributed by atoms with Crippen LogP contribution in [0.1, 0.15) is 29.8 Å². The Kier molecular flexibility index (Phi) is 6.48. The summed E-state index contributed by atoms with van der Waals surface area (Å²) in [5, 5.41) is 0. The standard InChI is InChI=1S/C21H22F3N3O5S/c22-14-6-7-17(19(24)18(14)23)33(30,31)26-11-9-25(10-12-26)20(28)15-4-1-2-8-27(15)21(29)16-5-3-13-32-16/h3,5-7,13,15H,1-2,4,8-12H2. The molecule has 0 bridgehead atoms. The van der Waals surface area contributed by atoms with Gasteiger partial charge in [0, 0.05) is 32.7 Å². The van der Waals surface area contributed by atoms with Gasteiger partial charge >= 0.3 is 0 Å². The van der Waals surface area contributed by atoms with Gasteiger partial charge in [0.15, 0.2) is 23.2 Å². The molecule has 1 unspecified atom stereocenters. The molecule has 0 N–H and O–H groups in total. The van der Waals surface area contributed by atoms with Gasteiger partial charge in [0.2, 0.25) is 15.9 Å². The number of sulfonamides is 1. The molecule has 0 spiro atoms. The van der Waals surface area contributed by atoms with E-state index in [1.807, 2.05) is 0 Å². The lowest BCUT2D eigenvalue weighted by Gasteiger charge is -2.40. The van der Waals surface area contributed by atoms with Gasteiger partial charge in [0.25, 0.3) is 5.91 Å². The van der Waals surface area contributed by atoms with Gasteiger partial charge in [-0.25, -0.2) is 21.6 Å². The van der Waals surface area contributed by atoms with Crippen molar-refractivity contribution in [2.45, 2.75) is 30.2 Å². The molecule has 3 heterocycles. The van der Waals surface area contributed by atoms with Crippen LogP contribution >= 0.6 is 0 Å². The fourth-order valence-corrected chi connectivity index (χ4v) is 5.66. The smallest absolute Gasteiger partial charge is 0.290 e. The van der Waals surface area contributed by atoms with Crippen molar-refractivity contribution in [2.24, 2.45) is 0 Å². The van der Waals surface area contributed by atoms with Crippen molar-refractivity contribution >= 4 is 21.8 Å². The number of carbonyl (C=O) groups is 2. The molecule has 2 amide bonds. The summed E-state index contributed by atoms with van der Waals surface area (Å²) < 4.78 is 72.4. The van der Waals surface area contributed by atoms with Crippen LogP contribution in [0.25, 0.3) is 0 Å². The monoisotopic (exact) mass is 485 g/mol. The normalized spacial score (nSPS) is 20.2. The van der Waals surface area contributed by atoms with Gasteiger partial charge in [0.1, 0.15) is 10.9 Å². The van der Waals surface area contributed by atoms with E-state index in [0.717, 1.165) is 17.1 Å². The molecule has 8 nitrogen and oxygen atoms in total. The van der Waals surface area contributed by atoms with Crippen LogP contribution in [0.4, 0.5) is 13.2 Å². The molecule has 2 aliphatic rings. The highest BCUT2D eigenvalue weighted by Crippen LogP contribution is 2.26. The molecule has 33 heavy (non-hydrogen) atoms. The molecular formula is C21H22F3N3O5S. The molecule has 1 aromatic heterocycles. The van der Waals surface area contributed by atoms with Crippen LogP contribution in [-0.4, -0.2) is 73.1 Å². The molecule has 1 aromatic carbocycles. The first-order chi connectivity index (χ1) is 15.7. The number of hydrogen-bond donors (Lipinski definition) is 0. The number of amides is 2. The van der Waals surface area contributed by atoms with Crippen LogP contribution in [0.3, 0.4) is 0 Å². The van der Waals surface area contributed by atoms with E-state index in [4.69, 9.17) is 4.42 Å². The Hall–Kier alpha value is -2.86. The number of rotatable bonds is 4. The zero-order valence-corrected chi connectivity index (χ0v) is 18.4. The summed E-state index contributed by atoms with van der Waals surface area (Å²) in [5.74, 6) is -5.66. The van der Waals surface area contributed by atoms with Gasteiger partial charge in [-0.1, -0.05) is 0 Å². The first-order valence-electron chi connectivity index (χ1n) is 10.5. The summed E-state index contributed by atoms with van der Waals surface area (Å²) in [4.78, 5) is 27.9. The predicted molar refractivity (Wildman–Crippen MR) is 109 cm³/mol. The lowest BCUT2D eigenvalue weighted by molar-refractivity contribution is -0.138. The van der Waals surface area contributed by atoms with Gasteiger partial charge in [-0.05, 0) is 43.5 Å². The number of likely N-dealkylation sites (tertiary alicyclic amines) is 1. The minimum Gasteiger partial charge on any atom is -0.459 e. The van der Waals surface area contributed by atoms with Crippen molar-refractivity contribution in [3.63, 3.8) is 0 Å². The summed E-state index contributed by atoms with van der Waals surface area (Å²) in [7, 11) is -4.42. The van der Waals surface area contributed by atoms with Crippen LogP contribution in [0.2, 0.25) is 0 Å². The Labute approximate surface area is 188 Å². The minimum absolute atomic E-state index is 0.0165. The number of benzene rings is 1. The maximum atomic E-state index is 14.1. The van der Waals surface area contributed by atoms with E-state index >= 15 is 0 Å². The molecule has 0 saturated carbocycles. The third kappa shape index (κ3) is 4.36. The fraction of sp³-hybridized carbons (Fsp3) is 0.429. The number of furan rings is 1. The zero-order chi connectivity index (χ0) is 23.8. The quantitative estimate of drug-likeness (QED) is 0.620. The fourth-order valence-electron chi connectivity index (χ4n) is 4.18. The van der Waals surface area contributed by atoms with Crippen molar-refractivity contribution in [2.75, 3.05) is 32.7 Å². The molecule has 1 atom stereocenters. The molecule has 2 fully saturated rings. The summed E-state index contributed by atoms with van der Waals surface area (Å²) in [5.41, 5.74) is 0. The molecule has 12 heteroatoms. The van der Waals surface area contributed by atoms with Crippen molar-refractivity contribution < 1.29 is 35.6 Å². The van der Waals surface area contributed by atoms with E-state index in [0.29, 0.717) is 25.1 Å². The molecule has 2 saturated heterocycles. The number of piperazine rings is 1. The second kappa shape index (κ2) is 9.18. The Morgan fingerprint density at radius 1 is 0.939 bits per heavy atom. The first kappa shape index (κ1) is 23.3. The van der Waals surface area contributed by atoms with Gasteiger partial charge in [-0.3, -0.25) is 9.59 Å². The molecule has 2 aliphatic heterocycles. The summed E-state index contributed by atoms with van der Waals surface area (Å²) >= 11 is 0. The largest absolute Gasteiger partial charge is 0.459 e. The number of carbonyl (C=O) groups excluding carboxylic acids is 2. The van der Waals surface area contributed by atoms with E-state index in [2.05, 4.69) is 0 Å². The Morgan fingerprint density at radius 3 is 2.33 bits per heavy atom. The summed E-state index contributed by atoms with van der Waals surface area (Å²) in [6.07, 6.45) is 3.37. The van der Waals surface area contributed by atoms with Crippen LogP contribution in [0, 0.1) is 17.5 Å². The van der Waals surface area contributed by atoms with Crippen molar-refractivity contribution in [3.05, 3.63) is 53.7 Å². The third-order valence-corrected chi connectivity index (χ3v) is 7.86. The Balaban J connectivity index is 1.45. The summed E-state index contributed by atoms with van der Waals surface area (Å²) in [6.45, 7) is 0.141. The van der Waals surface area contributed by atoms with E-state index in [9.17, 15) is 31.2 Å². The maximum Gasteiger partial charge on any atom is 0.290 e. The van der Waals surface area contributed by atoms with Crippen molar-refractivity contribution in [1.29, 1.82) is 0 Å². The van der Waals surface area contributed by atoms with E-state index < -0.39 is 38.4 Å². The number of piperidine rings is 1. The van der Waals surface area contributed by atoms with E-state index in [-0.39, 0.29) is 43.8 Å². The van der Waals surface area contributed by atoms with E-state index in [1.54, 1.807) is 6.07 Å². The Bertz CT molecular complexity index is 1150. The summed E-state index contributed by atoms with van der Waals surface area (Å²) in [6, 6.07) is 3.66. The van der Waals surface area contributed by atoms with E-state index in [1.165, 1.54) is 22.1 Å². The average Bonchev–Trinajstić information content (AvgIpc) is 3.36. The second-order valence-electron chi connectivity index (χ2n) is 7.89. The average molecular weight is 485 g/mol. The van der Waals surface area contributed by atoms with Crippen molar-refractivity contribution in [1.82, 2.24) is 14.1 Å². The Morgan fingerprint density at radius 2 is 1.67 bits per heavy atom. The van der Waals surface area contributed by atoms with Crippen LogP contribution in [0.5, 0.6) is 0 Å². The zero-order valence-electron chi connectivity index (χ0n) is 17.5. The van der Waals surface area contributed by atoms with Gasteiger partial charge in [-0.2, -0.15) is 4.31 Å². The highest BCUT2D eigenvalue weighted by molar-refractivity contribution is 7.89. The molecule has 2 aromatic rings. The first-order valence-corrected chi connectivity index (χ1v) is 11.9.